The van der Waals surface area contributed by atoms with Crippen molar-refractivity contribution in [2.45, 2.75) is 39.8 Å². The van der Waals surface area contributed by atoms with E-state index in [0.29, 0.717) is 48.3 Å². The van der Waals surface area contributed by atoms with E-state index in [1.807, 2.05) is 36.6 Å². The van der Waals surface area contributed by atoms with Crippen molar-refractivity contribution in [2.24, 2.45) is 5.92 Å². The van der Waals surface area contributed by atoms with Gasteiger partial charge in [0, 0.05) is 29.7 Å². The number of methoxy groups -OCH3 is 1. The highest BCUT2D eigenvalue weighted by Crippen LogP contribution is 2.36. The third-order valence-electron chi connectivity index (χ3n) is 5.27. The average Bonchev–Trinajstić information content (AvgIpc) is 3.20. The molecule has 0 radical (unpaired) electrons. The molecule has 174 valence electrons. The van der Waals surface area contributed by atoms with Gasteiger partial charge >= 0.3 is 0 Å². The van der Waals surface area contributed by atoms with Crippen LogP contribution >= 0.6 is 11.3 Å². The molecule has 2 heterocycles. The standard InChI is InChI=1S/C24H33N3O4S/c1-5-31-14-17(28)12-27(11-10-16(2)3)13-21-25-23(29)22-19(15-32-24(22)26-21)18-8-6-7-9-20(18)30-4/h6-9,15-17,28H,5,10-14H2,1-4H3,(H,25,26,29)/t17-/m1/s1. The van der Waals surface area contributed by atoms with Crippen LogP contribution in [0.5, 0.6) is 5.75 Å². The number of ether oxygens (including phenoxy) is 2. The predicted molar refractivity (Wildman–Crippen MR) is 129 cm³/mol. The molecule has 0 aliphatic heterocycles. The lowest BCUT2D eigenvalue weighted by molar-refractivity contribution is 0.0183. The van der Waals surface area contributed by atoms with Crippen LogP contribution in [-0.2, 0) is 11.3 Å². The second-order valence-corrected chi connectivity index (χ2v) is 9.13. The molecule has 2 aromatic heterocycles. The van der Waals surface area contributed by atoms with E-state index >= 15 is 0 Å². The maximum absolute atomic E-state index is 13.0. The first-order chi connectivity index (χ1) is 15.4. The first-order valence-electron chi connectivity index (χ1n) is 11.0. The van der Waals surface area contributed by atoms with Gasteiger partial charge in [0.25, 0.3) is 5.56 Å². The highest BCUT2D eigenvalue weighted by molar-refractivity contribution is 7.17. The molecule has 32 heavy (non-hydrogen) atoms. The molecule has 0 unspecified atom stereocenters. The smallest absolute Gasteiger partial charge is 0.260 e. The number of hydrogen-bond acceptors (Lipinski definition) is 7. The number of nitrogens with zero attached hydrogens (tertiary/aromatic N) is 2. The Morgan fingerprint density at radius 2 is 2.03 bits per heavy atom. The third-order valence-corrected chi connectivity index (χ3v) is 6.14. The minimum Gasteiger partial charge on any atom is -0.496 e. The van der Waals surface area contributed by atoms with Crippen LogP contribution in [0.4, 0.5) is 0 Å². The van der Waals surface area contributed by atoms with Gasteiger partial charge in [-0.05, 0) is 31.9 Å². The lowest BCUT2D eigenvalue weighted by atomic mass is 10.1. The van der Waals surface area contributed by atoms with Gasteiger partial charge in [0.1, 0.15) is 16.4 Å². The Bertz CT molecular complexity index is 1060. The number of H-pyrrole nitrogens is 1. The summed E-state index contributed by atoms with van der Waals surface area (Å²) in [6, 6.07) is 7.66. The molecule has 8 heteroatoms. The molecule has 3 aromatic rings. The topological polar surface area (TPSA) is 87.7 Å². The molecule has 0 saturated heterocycles. The van der Waals surface area contributed by atoms with E-state index in [9.17, 15) is 9.90 Å². The molecule has 2 N–H and O–H groups in total. The Morgan fingerprint density at radius 3 is 2.75 bits per heavy atom. The Balaban J connectivity index is 1.87. The first kappa shape index (κ1) is 24.4. The second kappa shape index (κ2) is 11.6. The van der Waals surface area contributed by atoms with Crippen molar-refractivity contribution in [2.75, 3.05) is 33.4 Å². The zero-order chi connectivity index (χ0) is 23.1. The molecule has 1 atom stereocenters. The number of nitrogens with one attached hydrogen (secondary N) is 1. The van der Waals surface area contributed by atoms with E-state index in [1.54, 1.807) is 7.11 Å². The molecule has 0 fully saturated rings. The van der Waals surface area contributed by atoms with Gasteiger partial charge in [-0.2, -0.15) is 0 Å². The van der Waals surface area contributed by atoms with Crippen molar-refractivity contribution >= 4 is 21.6 Å². The molecular weight excluding hydrogens is 426 g/mol. The summed E-state index contributed by atoms with van der Waals surface area (Å²) in [7, 11) is 1.62. The zero-order valence-electron chi connectivity index (χ0n) is 19.3. The second-order valence-electron chi connectivity index (χ2n) is 8.27. The summed E-state index contributed by atoms with van der Waals surface area (Å²) in [5.74, 6) is 1.86. The number of thiophene rings is 1. The number of benzene rings is 1. The molecule has 0 saturated carbocycles. The first-order valence-corrected chi connectivity index (χ1v) is 11.9. The number of aliphatic hydroxyl groups excluding tert-OH is 1. The average molecular weight is 460 g/mol. The number of para-hydroxylation sites is 1. The van der Waals surface area contributed by atoms with Crippen LogP contribution in [0.2, 0.25) is 0 Å². The number of hydrogen-bond donors (Lipinski definition) is 2. The van der Waals surface area contributed by atoms with Crippen molar-refractivity contribution in [3.63, 3.8) is 0 Å². The maximum Gasteiger partial charge on any atom is 0.260 e. The summed E-state index contributed by atoms with van der Waals surface area (Å²) in [6.07, 6.45) is 0.404. The fourth-order valence-corrected chi connectivity index (χ4v) is 4.58. The SMILES string of the molecule is CCOC[C@H](O)CN(CCC(C)C)Cc1nc2scc(-c3ccccc3OC)c2c(=O)[nH]1. The lowest BCUT2D eigenvalue weighted by Gasteiger charge is -2.25. The Hall–Kier alpha value is -2.26. The zero-order valence-corrected chi connectivity index (χ0v) is 20.1. The van der Waals surface area contributed by atoms with Crippen LogP contribution in [0.3, 0.4) is 0 Å². The van der Waals surface area contributed by atoms with Gasteiger partial charge in [-0.3, -0.25) is 9.69 Å². The predicted octanol–water partition coefficient (Wildman–Crippen LogP) is 3.91. The third kappa shape index (κ3) is 6.16. The Morgan fingerprint density at radius 1 is 1.25 bits per heavy atom. The monoisotopic (exact) mass is 459 g/mol. The molecular formula is C24H33N3O4S. The summed E-state index contributed by atoms with van der Waals surface area (Å²) >= 11 is 1.45. The molecule has 0 bridgehead atoms. The number of aromatic nitrogens is 2. The van der Waals surface area contributed by atoms with Crippen LogP contribution < -0.4 is 10.3 Å². The summed E-state index contributed by atoms with van der Waals surface area (Å²) in [4.78, 5) is 23.6. The number of aliphatic hydroxyl groups is 1. The van der Waals surface area contributed by atoms with E-state index in [0.717, 1.165) is 29.8 Å². The molecule has 7 nitrogen and oxygen atoms in total. The fourth-order valence-electron chi connectivity index (χ4n) is 3.63. The quantitative estimate of drug-likeness (QED) is 0.427. The van der Waals surface area contributed by atoms with Gasteiger partial charge in [0.15, 0.2) is 0 Å². The molecule has 0 spiro atoms. The summed E-state index contributed by atoms with van der Waals surface area (Å²) in [5, 5.41) is 12.9. The van der Waals surface area contributed by atoms with Gasteiger partial charge in [-0.25, -0.2) is 4.98 Å². The molecule has 0 aliphatic carbocycles. The molecule has 0 amide bonds. The summed E-state index contributed by atoms with van der Waals surface area (Å²) < 4.78 is 10.8. The highest BCUT2D eigenvalue weighted by Gasteiger charge is 2.18. The van der Waals surface area contributed by atoms with Crippen molar-refractivity contribution in [3.8, 4) is 16.9 Å². The molecule has 0 aliphatic rings. The van der Waals surface area contributed by atoms with E-state index in [2.05, 4.69) is 23.7 Å². The van der Waals surface area contributed by atoms with E-state index in [1.165, 1.54) is 11.3 Å². The van der Waals surface area contributed by atoms with E-state index in [4.69, 9.17) is 14.5 Å². The largest absolute Gasteiger partial charge is 0.496 e. The summed E-state index contributed by atoms with van der Waals surface area (Å²) in [5.41, 5.74) is 1.54. The summed E-state index contributed by atoms with van der Waals surface area (Å²) in [6.45, 7) is 8.85. The molecule has 1 aromatic carbocycles. The minimum atomic E-state index is -0.587. The van der Waals surface area contributed by atoms with Crippen molar-refractivity contribution in [1.82, 2.24) is 14.9 Å². The van der Waals surface area contributed by atoms with Gasteiger partial charge in [0.2, 0.25) is 0 Å². The van der Waals surface area contributed by atoms with Crippen molar-refractivity contribution < 1.29 is 14.6 Å². The number of fused-ring (bicyclic) bond motifs is 1. The van der Waals surface area contributed by atoms with E-state index < -0.39 is 6.10 Å². The highest BCUT2D eigenvalue weighted by atomic mass is 32.1. The Kier molecular flexibility index (Phi) is 8.81. The van der Waals surface area contributed by atoms with Gasteiger partial charge < -0.3 is 19.6 Å². The van der Waals surface area contributed by atoms with Gasteiger partial charge in [0.05, 0.1) is 31.8 Å². The van der Waals surface area contributed by atoms with Crippen LogP contribution in [0.1, 0.15) is 33.0 Å². The van der Waals surface area contributed by atoms with Crippen LogP contribution in [0, 0.1) is 5.92 Å². The number of aromatic amines is 1. The van der Waals surface area contributed by atoms with Crippen molar-refractivity contribution in [1.29, 1.82) is 0 Å². The normalized spacial score (nSPS) is 12.7. The van der Waals surface area contributed by atoms with E-state index in [-0.39, 0.29) is 5.56 Å². The Labute approximate surface area is 193 Å². The fraction of sp³-hybridized carbons (Fsp3) is 0.500. The molecule has 3 rings (SSSR count). The minimum absolute atomic E-state index is 0.161. The van der Waals surface area contributed by atoms with Gasteiger partial charge in [-0.1, -0.05) is 32.0 Å². The number of rotatable bonds is 12. The van der Waals surface area contributed by atoms with Crippen molar-refractivity contribution in [3.05, 3.63) is 45.8 Å². The lowest BCUT2D eigenvalue weighted by Crippen LogP contribution is -2.36. The maximum atomic E-state index is 13.0. The van der Waals surface area contributed by atoms with Gasteiger partial charge in [-0.15, -0.1) is 11.3 Å². The van der Waals surface area contributed by atoms with Crippen LogP contribution in [0.25, 0.3) is 21.3 Å². The van der Waals surface area contributed by atoms with Crippen LogP contribution in [-0.4, -0.2) is 59.5 Å². The van der Waals surface area contributed by atoms with Crippen LogP contribution in [0.15, 0.2) is 34.4 Å².